The molecular formula is C16H30N2O3. The monoisotopic (exact) mass is 298 g/mol. The highest BCUT2D eigenvalue weighted by Crippen LogP contribution is 2.31. The number of amides is 1. The van der Waals surface area contributed by atoms with E-state index in [1.165, 1.54) is 0 Å². The van der Waals surface area contributed by atoms with Gasteiger partial charge in [0.1, 0.15) is 0 Å². The Morgan fingerprint density at radius 1 is 1.38 bits per heavy atom. The summed E-state index contributed by atoms with van der Waals surface area (Å²) >= 11 is 0. The second-order valence-corrected chi connectivity index (χ2v) is 6.85. The van der Waals surface area contributed by atoms with E-state index in [9.17, 15) is 9.59 Å². The van der Waals surface area contributed by atoms with Gasteiger partial charge in [0, 0.05) is 18.4 Å². The van der Waals surface area contributed by atoms with Crippen molar-refractivity contribution in [1.82, 2.24) is 10.6 Å². The van der Waals surface area contributed by atoms with Crippen LogP contribution < -0.4 is 10.6 Å². The fourth-order valence-electron chi connectivity index (χ4n) is 2.83. The summed E-state index contributed by atoms with van der Waals surface area (Å²) in [5, 5.41) is 15.0. The molecule has 0 radical (unpaired) electrons. The maximum absolute atomic E-state index is 12.4. The molecule has 5 heteroatoms. The Hall–Kier alpha value is -1.10. The molecule has 0 aromatic heterocycles. The molecule has 1 rings (SSSR count). The van der Waals surface area contributed by atoms with Crippen molar-refractivity contribution >= 4 is 11.9 Å². The Balaban J connectivity index is 2.30. The summed E-state index contributed by atoms with van der Waals surface area (Å²) < 4.78 is 0. The number of hydrogen-bond acceptors (Lipinski definition) is 3. The number of carbonyl (C=O) groups excluding carboxylic acids is 1. The minimum absolute atomic E-state index is 0.113. The summed E-state index contributed by atoms with van der Waals surface area (Å²) in [6.07, 6.45) is 3.93. The summed E-state index contributed by atoms with van der Waals surface area (Å²) in [7, 11) is 0. The molecule has 3 N–H and O–H groups in total. The largest absolute Gasteiger partial charge is 0.481 e. The molecule has 5 nitrogen and oxygen atoms in total. The highest BCUT2D eigenvalue weighted by molar-refractivity contribution is 5.82. The molecule has 0 bridgehead atoms. The van der Waals surface area contributed by atoms with Crippen molar-refractivity contribution in [2.24, 2.45) is 17.3 Å². The first kappa shape index (κ1) is 18.0. The van der Waals surface area contributed by atoms with Crippen LogP contribution in [0.2, 0.25) is 0 Å². The Kier molecular flexibility index (Phi) is 7.15. The molecule has 1 amide bonds. The molecule has 2 atom stereocenters. The first-order valence-corrected chi connectivity index (χ1v) is 8.05. The van der Waals surface area contributed by atoms with E-state index >= 15 is 0 Å². The Morgan fingerprint density at radius 2 is 2.10 bits per heavy atom. The molecule has 0 spiro atoms. The second kappa shape index (κ2) is 8.37. The normalized spacial score (nSPS) is 20.8. The van der Waals surface area contributed by atoms with Gasteiger partial charge in [0.2, 0.25) is 5.91 Å². The third kappa shape index (κ3) is 6.04. The second-order valence-electron chi connectivity index (χ2n) is 6.85. The number of aliphatic carboxylic acids is 1. The van der Waals surface area contributed by atoms with Crippen LogP contribution in [0.15, 0.2) is 0 Å². The van der Waals surface area contributed by atoms with Crippen LogP contribution in [-0.4, -0.2) is 36.6 Å². The van der Waals surface area contributed by atoms with E-state index in [1.54, 1.807) is 0 Å². The van der Waals surface area contributed by atoms with E-state index in [2.05, 4.69) is 10.6 Å². The zero-order valence-corrected chi connectivity index (χ0v) is 13.6. The smallest absolute Gasteiger partial charge is 0.303 e. The molecule has 0 aromatic rings. The predicted octanol–water partition coefficient (Wildman–Crippen LogP) is 2.02. The van der Waals surface area contributed by atoms with Crippen molar-refractivity contribution in [1.29, 1.82) is 0 Å². The van der Waals surface area contributed by atoms with Crippen molar-refractivity contribution in [3.8, 4) is 0 Å². The minimum Gasteiger partial charge on any atom is -0.481 e. The SMILES string of the molecule is CC(CCNC(=O)C(C)(C)C1CCCNC1)CCC(=O)O. The molecule has 0 aliphatic carbocycles. The zero-order valence-electron chi connectivity index (χ0n) is 13.6. The average molecular weight is 298 g/mol. The predicted molar refractivity (Wildman–Crippen MR) is 83.0 cm³/mol. The summed E-state index contributed by atoms with van der Waals surface area (Å²) in [4.78, 5) is 22.9. The number of nitrogens with one attached hydrogen (secondary N) is 2. The highest BCUT2D eigenvalue weighted by Gasteiger charge is 2.36. The average Bonchev–Trinajstić information content (AvgIpc) is 2.45. The van der Waals surface area contributed by atoms with Gasteiger partial charge in [0.15, 0.2) is 0 Å². The molecule has 1 fully saturated rings. The standard InChI is InChI=1S/C16H30N2O3/c1-12(6-7-14(19)20)8-10-18-15(21)16(2,3)13-5-4-9-17-11-13/h12-13,17H,4-11H2,1-3H3,(H,18,21)(H,19,20). The number of carboxylic acid groups (broad SMARTS) is 1. The lowest BCUT2D eigenvalue weighted by atomic mass is 9.74. The summed E-state index contributed by atoms with van der Waals surface area (Å²) in [5.41, 5.74) is -0.349. The number of rotatable bonds is 8. The summed E-state index contributed by atoms with van der Waals surface area (Å²) in [5.74, 6) is 0.0648. The van der Waals surface area contributed by atoms with Gasteiger partial charge in [-0.2, -0.15) is 0 Å². The maximum atomic E-state index is 12.4. The summed E-state index contributed by atoms with van der Waals surface area (Å²) in [6, 6.07) is 0. The molecule has 0 aromatic carbocycles. The van der Waals surface area contributed by atoms with Crippen molar-refractivity contribution in [3.05, 3.63) is 0 Å². The fraction of sp³-hybridized carbons (Fsp3) is 0.875. The topological polar surface area (TPSA) is 78.4 Å². The van der Waals surface area contributed by atoms with Gasteiger partial charge in [-0.15, -0.1) is 0 Å². The highest BCUT2D eigenvalue weighted by atomic mass is 16.4. The van der Waals surface area contributed by atoms with Crippen LogP contribution in [0.5, 0.6) is 0 Å². The Morgan fingerprint density at radius 3 is 2.67 bits per heavy atom. The third-order valence-corrected chi connectivity index (χ3v) is 4.68. The van der Waals surface area contributed by atoms with Crippen molar-refractivity contribution in [2.75, 3.05) is 19.6 Å². The van der Waals surface area contributed by atoms with Crippen LogP contribution in [0.3, 0.4) is 0 Å². The van der Waals surface area contributed by atoms with E-state index in [1.807, 2.05) is 20.8 Å². The molecule has 1 aliphatic rings. The molecule has 0 saturated carbocycles. The Bertz CT molecular complexity index is 349. The number of hydrogen-bond donors (Lipinski definition) is 3. The molecule has 2 unspecified atom stereocenters. The lowest BCUT2D eigenvalue weighted by Gasteiger charge is -2.36. The first-order chi connectivity index (χ1) is 9.84. The molecule has 1 saturated heterocycles. The van der Waals surface area contributed by atoms with Crippen molar-refractivity contribution in [3.63, 3.8) is 0 Å². The van der Waals surface area contributed by atoms with E-state index in [0.29, 0.717) is 24.8 Å². The van der Waals surface area contributed by atoms with Crippen LogP contribution in [0.4, 0.5) is 0 Å². The van der Waals surface area contributed by atoms with Crippen LogP contribution in [-0.2, 0) is 9.59 Å². The third-order valence-electron chi connectivity index (χ3n) is 4.68. The van der Waals surface area contributed by atoms with Crippen LogP contribution in [0.1, 0.15) is 52.9 Å². The minimum atomic E-state index is -0.753. The van der Waals surface area contributed by atoms with Gasteiger partial charge in [0.05, 0.1) is 0 Å². The first-order valence-electron chi connectivity index (χ1n) is 8.05. The van der Waals surface area contributed by atoms with Gasteiger partial charge in [-0.05, 0) is 50.6 Å². The van der Waals surface area contributed by atoms with E-state index in [0.717, 1.165) is 32.4 Å². The molecule has 122 valence electrons. The van der Waals surface area contributed by atoms with Gasteiger partial charge >= 0.3 is 5.97 Å². The van der Waals surface area contributed by atoms with E-state index in [-0.39, 0.29) is 17.7 Å². The lowest BCUT2D eigenvalue weighted by Crippen LogP contribution is -2.47. The number of carbonyl (C=O) groups is 2. The van der Waals surface area contributed by atoms with E-state index < -0.39 is 5.97 Å². The summed E-state index contributed by atoms with van der Waals surface area (Å²) in [6.45, 7) is 8.67. The molecule has 21 heavy (non-hydrogen) atoms. The number of piperidine rings is 1. The molecule has 1 heterocycles. The number of carboxylic acids is 1. The van der Waals surface area contributed by atoms with Crippen LogP contribution >= 0.6 is 0 Å². The molecular weight excluding hydrogens is 268 g/mol. The Labute approximate surface area is 127 Å². The van der Waals surface area contributed by atoms with Gasteiger partial charge in [0.25, 0.3) is 0 Å². The van der Waals surface area contributed by atoms with Gasteiger partial charge < -0.3 is 15.7 Å². The maximum Gasteiger partial charge on any atom is 0.303 e. The lowest BCUT2D eigenvalue weighted by molar-refractivity contribution is -0.137. The zero-order chi connectivity index (χ0) is 15.9. The quantitative estimate of drug-likeness (QED) is 0.640. The van der Waals surface area contributed by atoms with Crippen LogP contribution in [0, 0.1) is 17.3 Å². The van der Waals surface area contributed by atoms with Crippen molar-refractivity contribution in [2.45, 2.75) is 52.9 Å². The van der Waals surface area contributed by atoms with Crippen LogP contribution in [0.25, 0.3) is 0 Å². The van der Waals surface area contributed by atoms with Gasteiger partial charge in [-0.25, -0.2) is 0 Å². The molecule has 1 aliphatic heterocycles. The van der Waals surface area contributed by atoms with E-state index in [4.69, 9.17) is 5.11 Å². The van der Waals surface area contributed by atoms with Gasteiger partial charge in [-0.1, -0.05) is 20.8 Å². The van der Waals surface area contributed by atoms with Gasteiger partial charge in [-0.3, -0.25) is 9.59 Å². The van der Waals surface area contributed by atoms with Crippen molar-refractivity contribution < 1.29 is 14.7 Å². The fourth-order valence-corrected chi connectivity index (χ4v) is 2.83.